The number of carbonyl (C=O) groups excluding carboxylic acids is 1. The Kier molecular flexibility index (Phi) is 5.22. The van der Waals surface area contributed by atoms with Crippen molar-refractivity contribution in [3.05, 3.63) is 58.6 Å². The predicted octanol–water partition coefficient (Wildman–Crippen LogP) is 3.29. The molecule has 110 valence electrons. The Hall–Kier alpha value is -2.01. The average molecular weight is 349 g/mol. The summed E-state index contributed by atoms with van der Waals surface area (Å²) in [5.41, 5.74) is 7.30. The Balaban J connectivity index is 1.87. The molecular weight excluding hydrogens is 332 g/mol. The summed E-state index contributed by atoms with van der Waals surface area (Å²) in [5.74, 6) is 0.331. The predicted molar refractivity (Wildman–Crippen MR) is 87.0 cm³/mol. The fourth-order valence-electron chi connectivity index (χ4n) is 1.87. The van der Waals surface area contributed by atoms with Gasteiger partial charge in [0.1, 0.15) is 5.75 Å². The molecule has 0 aliphatic carbocycles. The van der Waals surface area contributed by atoms with E-state index in [-0.39, 0.29) is 18.6 Å². The fraction of sp³-hybridized carbons (Fsp3) is 0.188. The van der Waals surface area contributed by atoms with Gasteiger partial charge in [0.15, 0.2) is 6.61 Å². The number of para-hydroxylation sites is 2. The zero-order valence-corrected chi connectivity index (χ0v) is 13.3. The highest BCUT2D eigenvalue weighted by Crippen LogP contribution is 2.20. The molecule has 0 aliphatic rings. The highest BCUT2D eigenvalue weighted by Gasteiger charge is 2.10. The molecule has 0 spiro atoms. The summed E-state index contributed by atoms with van der Waals surface area (Å²) in [6.45, 7) is 1.87. The minimum Gasteiger partial charge on any atom is -0.482 e. The Labute approximate surface area is 132 Å². The lowest BCUT2D eigenvalue weighted by atomic mass is 10.1. The minimum absolute atomic E-state index is 0.0604. The van der Waals surface area contributed by atoms with Gasteiger partial charge in [-0.2, -0.15) is 0 Å². The molecule has 21 heavy (non-hydrogen) atoms. The molecule has 0 heterocycles. The van der Waals surface area contributed by atoms with Crippen LogP contribution in [0.15, 0.2) is 53.0 Å². The molecule has 1 unspecified atom stereocenters. The second-order valence-electron chi connectivity index (χ2n) is 4.67. The van der Waals surface area contributed by atoms with Crippen LogP contribution in [0, 0.1) is 0 Å². The van der Waals surface area contributed by atoms with E-state index in [4.69, 9.17) is 10.5 Å². The zero-order valence-electron chi connectivity index (χ0n) is 11.7. The summed E-state index contributed by atoms with van der Waals surface area (Å²) in [7, 11) is 0. The molecular formula is C16H17BrN2O2. The Morgan fingerprint density at radius 2 is 1.90 bits per heavy atom. The molecule has 3 N–H and O–H groups in total. The van der Waals surface area contributed by atoms with E-state index in [1.54, 1.807) is 12.1 Å². The molecule has 5 heteroatoms. The molecule has 0 bridgehead atoms. The van der Waals surface area contributed by atoms with Gasteiger partial charge in [0.05, 0.1) is 11.7 Å². The van der Waals surface area contributed by atoms with E-state index in [1.807, 2.05) is 43.3 Å². The SMILES string of the molecule is CC(NC(=O)COc1ccccc1N)c1ccc(Br)cc1. The first kappa shape index (κ1) is 15.4. The highest BCUT2D eigenvalue weighted by atomic mass is 79.9. The maximum atomic E-state index is 11.9. The summed E-state index contributed by atoms with van der Waals surface area (Å²) in [6, 6.07) is 14.8. The Bertz CT molecular complexity index is 614. The van der Waals surface area contributed by atoms with Gasteiger partial charge in [-0.1, -0.05) is 40.2 Å². The fourth-order valence-corrected chi connectivity index (χ4v) is 2.14. The van der Waals surface area contributed by atoms with Crippen LogP contribution in [-0.2, 0) is 4.79 Å². The molecule has 1 amide bonds. The van der Waals surface area contributed by atoms with Crippen molar-refractivity contribution in [2.24, 2.45) is 0 Å². The summed E-state index contributed by atoms with van der Waals surface area (Å²) in [4.78, 5) is 11.9. The van der Waals surface area contributed by atoms with Crippen molar-refractivity contribution >= 4 is 27.5 Å². The number of nitrogens with two attached hydrogens (primary N) is 1. The highest BCUT2D eigenvalue weighted by molar-refractivity contribution is 9.10. The topological polar surface area (TPSA) is 64.3 Å². The van der Waals surface area contributed by atoms with Crippen molar-refractivity contribution in [3.63, 3.8) is 0 Å². The second-order valence-corrected chi connectivity index (χ2v) is 5.58. The monoisotopic (exact) mass is 348 g/mol. The number of carbonyl (C=O) groups is 1. The molecule has 0 fully saturated rings. The van der Waals surface area contributed by atoms with E-state index >= 15 is 0 Å². The number of nitrogens with one attached hydrogen (secondary N) is 1. The molecule has 2 rings (SSSR count). The summed E-state index contributed by atoms with van der Waals surface area (Å²) in [6.07, 6.45) is 0. The third-order valence-electron chi connectivity index (χ3n) is 3.03. The number of rotatable bonds is 5. The van der Waals surface area contributed by atoms with Gasteiger partial charge in [-0.15, -0.1) is 0 Å². The molecule has 2 aromatic rings. The molecule has 0 saturated carbocycles. The first-order chi connectivity index (χ1) is 10.1. The molecule has 1 atom stereocenters. The van der Waals surface area contributed by atoms with Crippen LogP contribution in [0.1, 0.15) is 18.5 Å². The first-order valence-electron chi connectivity index (χ1n) is 6.58. The summed E-state index contributed by atoms with van der Waals surface area (Å²) < 4.78 is 6.42. The van der Waals surface area contributed by atoms with Gasteiger partial charge in [0.25, 0.3) is 5.91 Å². The molecule has 0 aromatic heterocycles. The first-order valence-corrected chi connectivity index (χ1v) is 7.37. The van der Waals surface area contributed by atoms with E-state index in [9.17, 15) is 4.79 Å². The number of amides is 1. The van der Waals surface area contributed by atoms with Gasteiger partial charge in [-0.25, -0.2) is 0 Å². The smallest absolute Gasteiger partial charge is 0.258 e. The van der Waals surface area contributed by atoms with Crippen molar-refractivity contribution in [2.45, 2.75) is 13.0 Å². The second kappa shape index (κ2) is 7.13. The van der Waals surface area contributed by atoms with E-state index in [2.05, 4.69) is 21.2 Å². The van der Waals surface area contributed by atoms with Crippen molar-refractivity contribution in [2.75, 3.05) is 12.3 Å². The van der Waals surface area contributed by atoms with Crippen LogP contribution in [0.2, 0.25) is 0 Å². The van der Waals surface area contributed by atoms with Gasteiger partial charge < -0.3 is 15.8 Å². The summed E-state index contributed by atoms with van der Waals surface area (Å²) >= 11 is 3.38. The molecule has 0 aliphatic heterocycles. The lowest BCUT2D eigenvalue weighted by Crippen LogP contribution is -2.31. The van der Waals surface area contributed by atoms with Crippen molar-refractivity contribution in [3.8, 4) is 5.75 Å². The number of nitrogen functional groups attached to an aromatic ring is 1. The number of ether oxygens (including phenoxy) is 1. The van der Waals surface area contributed by atoms with E-state index in [1.165, 1.54) is 0 Å². The third-order valence-corrected chi connectivity index (χ3v) is 3.55. The van der Waals surface area contributed by atoms with Crippen LogP contribution in [0.4, 0.5) is 5.69 Å². The number of hydrogen-bond donors (Lipinski definition) is 2. The Morgan fingerprint density at radius 3 is 2.57 bits per heavy atom. The Morgan fingerprint density at radius 1 is 1.24 bits per heavy atom. The molecule has 4 nitrogen and oxygen atoms in total. The zero-order chi connectivity index (χ0) is 15.2. The average Bonchev–Trinajstić information content (AvgIpc) is 2.47. The van der Waals surface area contributed by atoms with Crippen LogP contribution >= 0.6 is 15.9 Å². The van der Waals surface area contributed by atoms with E-state index in [0.29, 0.717) is 11.4 Å². The number of anilines is 1. The maximum absolute atomic E-state index is 11.9. The van der Waals surface area contributed by atoms with Gasteiger partial charge in [-0.05, 0) is 36.8 Å². The van der Waals surface area contributed by atoms with Crippen LogP contribution in [0.5, 0.6) is 5.75 Å². The van der Waals surface area contributed by atoms with Gasteiger partial charge >= 0.3 is 0 Å². The van der Waals surface area contributed by atoms with Crippen LogP contribution < -0.4 is 15.8 Å². The van der Waals surface area contributed by atoms with Crippen LogP contribution in [-0.4, -0.2) is 12.5 Å². The molecule has 0 radical (unpaired) electrons. The van der Waals surface area contributed by atoms with Crippen LogP contribution in [0.25, 0.3) is 0 Å². The number of hydrogen-bond acceptors (Lipinski definition) is 3. The minimum atomic E-state index is -0.186. The normalized spacial score (nSPS) is 11.7. The quantitative estimate of drug-likeness (QED) is 0.815. The van der Waals surface area contributed by atoms with Crippen molar-refractivity contribution in [1.29, 1.82) is 0 Å². The number of halogens is 1. The van der Waals surface area contributed by atoms with E-state index in [0.717, 1.165) is 10.0 Å². The van der Waals surface area contributed by atoms with E-state index < -0.39 is 0 Å². The maximum Gasteiger partial charge on any atom is 0.258 e. The van der Waals surface area contributed by atoms with Crippen molar-refractivity contribution < 1.29 is 9.53 Å². The lowest BCUT2D eigenvalue weighted by molar-refractivity contribution is -0.123. The third kappa shape index (κ3) is 4.49. The number of benzene rings is 2. The van der Waals surface area contributed by atoms with Gasteiger partial charge in [0.2, 0.25) is 0 Å². The largest absolute Gasteiger partial charge is 0.482 e. The van der Waals surface area contributed by atoms with Crippen LogP contribution in [0.3, 0.4) is 0 Å². The van der Waals surface area contributed by atoms with Gasteiger partial charge in [-0.3, -0.25) is 4.79 Å². The molecule has 0 saturated heterocycles. The summed E-state index contributed by atoms with van der Waals surface area (Å²) in [5, 5.41) is 2.89. The molecule has 2 aromatic carbocycles. The van der Waals surface area contributed by atoms with Crippen molar-refractivity contribution in [1.82, 2.24) is 5.32 Å². The lowest BCUT2D eigenvalue weighted by Gasteiger charge is -2.15. The van der Waals surface area contributed by atoms with Gasteiger partial charge in [0, 0.05) is 4.47 Å². The standard InChI is InChI=1S/C16H17BrN2O2/c1-11(12-6-8-13(17)9-7-12)19-16(20)10-21-15-5-3-2-4-14(15)18/h2-9,11H,10,18H2,1H3,(H,19,20).